The Morgan fingerprint density at radius 3 is 2.48 bits per heavy atom. The fourth-order valence-corrected chi connectivity index (χ4v) is 2.54. The van der Waals surface area contributed by atoms with E-state index in [0.29, 0.717) is 25.1 Å². The third-order valence-electron chi connectivity index (χ3n) is 3.70. The van der Waals surface area contributed by atoms with E-state index in [4.69, 9.17) is 15.2 Å². The van der Waals surface area contributed by atoms with Gasteiger partial charge in [0.05, 0.1) is 12.7 Å². The van der Waals surface area contributed by atoms with Crippen LogP contribution in [0.5, 0.6) is 0 Å². The number of carbonyl (C=O) groups excluding carboxylic acids is 2. The average Bonchev–Trinajstić information content (AvgIpc) is 2.92. The van der Waals surface area contributed by atoms with Crippen molar-refractivity contribution in [3.8, 4) is 0 Å². The summed E-state index contributed by atoms with van der Waals surface area (Å²) in [6.45, 7) is 0.872. The molecule has 0 saturated carbocycles. The number of nitrogens with zero attached hydrogens (tertiary/aromatic N) is 1. The second-order valence-electron chi connectivity index (χ2n) is 5.10. The Kier molecular flexibility index (Phi) is 4.93. The van der Waals surface area contributed by atoms with E-state index in [0.717, 1.165) is 5.56 Å². The first-order valence-corrected chi connectivity index (χ1v) is 6.77. The van der Waals surface area contributed by atoms with Gasteiger partial charge in [0, 0.05) is 32.7 Å². The third-order valence-corrected chi connectivity index (χ3v) is 3.70. The molecule has 2 amide bonds. The van der Waals surface area contributed by atoms with Gasteiger partial charge in [-0.3, -0.25) is 9.59 Å². The van der Waals surface area contributed by atoms with Crippen LogP contribution in [0.15, 0.2) is 24.3 Å². The number of rotatable bonds is 5. The van der Waals surface area contributed by atoms with E-state index in [9.17, 15) is 9.59 Å². The molecule has 6 heteroatoms. The molecule has 1 aliphatic rings. The van der Waals surface area contributed by atoms with Crippen LogP contribution >= 0.6 is 0 Å². The van der Waals surface area contributed by atoms with Gasteiger partial charge < -0.3 is 20.1 Å². The van der Waals surface area contributed by atoms with Gasteiger partial charge in [-0.1, -0.05) is 12.1 Å². The number of likely N-dealkylation sites (tertiary alicyclic amines) is 1. The summed E-state index contributed by atoms with van der Waals surface area (Å²) in [4.78, 5) is 25.5. The molecule has 0 spiro atoms. The number of carbonyl (C=O) groups is 2. The average molecular weight is 292 g/mol. The van der Waals surface area contributed by atoms with Crippen molar-refractivity contribution in [3.05, 3.63) is 35.4 Å². The number of hydrogen-bond donors (Lipinski definition) is 1. The van der Waals surface area contributed by atoms with Crippen molar-refractivity contribution in [3.63, 3.8) is 0 Å². The van der Waals surface area contributed by atoms with Crippen molar-refractivity contribution in [2.24, 2.45) is 5.73 Å². The molecule has 1 heterocycles. The minimum atomic E-state index is -0.610. The van der Waals surface area contributed by atoms with Gasteiger partial charge in [0.25, 0.3) is 5.91 Å². The standard InChI is InChI=1S/C15H20N2O4/c1-20-9-10-3-5-11(6-4-10)15(19)17-8-12(21-2)7-13(17)14(16)18/h3-6,12-13H,7-9H2,1-2H3,(H2,16,18)/t12-,13-/m0/s1. The number of hydrogen-bond acceptors (Lipinski definition) is 4. The highest BCUT2D eigenvalue weighted by atomic mass is 16.5. The smallest absolute Gasteiger partial charge is 0.254 e. The number of benzene rings is 1. The zero-order valence-electron chi connectivity index (χ0n) is 12.2. The third kappa shape index (κ3) is 3.40. The van der Waals surface area contributed by atoms with Crippen molar-refractivity contribution < 1.29 is 19.1 Å². The summed E-state index contributed by atoms with van der Waals surface area (Å²) in [5.74, 6) is -0.707. The van der Waals surface area contributed by atoms with E-state index >= 15 is 0 Å². The minimum Gasteiger partial charge on any atom is -0.380 e. The lowest BCUT2D eigenvalue weighted by Crippen LogP contribution is -2.43. The SMILES string of the molecule is COCc1ccc(C(=O)N2C[C@@H](OC)C[C@H]2C(N)=O)cc1. The van der Waals surface area contributed by atoms with Gasteiger partial charge in [-0.05, 0) is 17.7 Å². The Bertz CT molecular complexity index is 515. The molecule has 2 atom stereocenters. The van der Waals surface area contributed by atoms with Gasteiger partial charge >= 0.3 is 0 Å². The van der Waals surface area contributed by atoms with Crippen LogP contribution in [0, 0.1) is 0 Å². The Morgan fingerprint density at radius 2 is 1.95 bits per heavy atom. The first-order valence-electron chi connectivity index (χ1n) is 6.77. The quantitative estimate of drug-likeness (QED) is 0.859. The van der Waals surface area contributed by atoms with Crippen molar-refractivity contribution in [2.45, 2.75) is 25.2 Å². The maximum Gasteiger partial charge on any atom is 0.254 e. The monoisotopic (exact) mass is 292 g/mol. The number of amides is 2. The number of primary amides is 1. The van der Waals surface area contributed by atoms with Gasteiger partial charge in [-0.25, -0.2) is 0 Å². The van der Waals surface area contributed by atoms with E-state index < -0.39 is 11.9 Å². The number of ether oxygens (including phenoxy) is 2. The molecular weight excluding hydrogens is 272 g/mol. The predicted molar refractivity (Wildman–Crippen MR) is 76.6 cm³/mol. The molecule has 0 aromatic heterocycles. The zero-order valence-corrected chi connectivity index (χ0v) is 12.2. The van der Waals surface area contributed by atoms with Crippen LogP contribution in [0.3, 0.4) is 0 Å². The van der Waals surface area contributed by atoms with E-state index in [1.807, 2.05) is 12.1 Å². The van der Waals surface area contributed by atoms with E-state index in [1.54, 1.807) is 26.4 Å². The summed E-state index contributed by atoms with van der Waals surface area (Å²) in [6, 6.07) is 6.52. The molecule has 0 bridgehead atoms. The van der Waals surface area contributed by atoms with Crippen LogP contribution in [-0.4, -0.2) is 49.6 Å². The highest BCUT2D eigenvalue weighted by molar-refractivity contribution is 5.97. The first-order chi connectivity index (χ1) is 10.1. The van der Waals surface area contributed by atoms with E-state index in [-0.39, 0.29) is 12.0 Å². The van der Waals surface area contributed by atoms with Gasteiger partial charge in [0.2, 0.25) is 5.91 Å². The van der Waals surface area contributed by atoms with Gasteiger partial charge in [-0.15, -0.1) is 0 Å². The summed E-state index contributed by atoms with van der Waals surface area (Å²) >= 11 is 0. The molecule has 1 fully saturated rings. The fourth-order valence-electron chi connectivity index (χ4n) is 2.54. The lowest BCUT2D eigenvalue weighted by atomic mass is 10.1. The summed E-state index contributed by atoms with van der Waals surface area (Å²) in [6.07, 6.45) is 0.290. The Morgan fingerprint density at radius 1 is 1.29 bits per heavy atom. The van der Waals surface area contributed by atoms with Crippen molar-refractivity contribution in [1.29, 1.82) is 0 Å². The Balaban J connectivity index is 2.15. The Labute approximate surface area is 123 Å². The molecule has 1 saturated heterocycles. The number of nitrogens with two attached hydrogens (primary N) is 1. The highest BCUT2D eigenvalue weighted by Gasteiger charge is 2.38. The molecular formula is C15H20N2O4. The lowest BCUT2D eigenvalue weighted by Gasteiger charge is -2.22. The molecule has 21 heavy (non-hydrogen) atoms. The second kappa shape index (κ2) is 6.69. The predicted octanol–water partition coefficient (Wildman–Crippen LogP) is 0.548. The van der Waals surface area contributed by atoms with Crippen LogP contribution in [0.25, 0.3) is 0 Å². The molecule has 2 rings (SSSR count). The molecule has 1 aliphatic heterocycles. The zero-order chi connectivity index (χ0) is 15.4. The van der Waals surface area contributed by atoms with Crippen molar-refractivity contribution >= 4 is 11.8 Å². The van der Waals surface area contributed by atoms with Crippen LogP contribution in [0.4, 0.5) is 0 Å². The normalized spacial score (nSPS) is 21.5. The summed E-state index contributed by atoms with van der Waals surface area (Å²) in [5.41, 5.74) is 6.89. The highest BCUT2D eigenvalue weighted by Crippen LogP contribution is 2.22. The molecule has 6 nitrogen and oxygen atoms in total. The van der Waals surface area contributed by atoms with Gasteiger partial charge in [0.1, 0.15) is 6.04 Å². The van der Waals surface area contributed by atoms with Crippen LogP contribution < -0.4 is 5.73 Å². The molecule has 0 unspecified atom stereocenters. The Hall–Kier alpha value is -1.92. The fraction of sp³-hybridized carbons (Fsp3) is 0.467. The minimum absolute atomic E-state index is 0.154. The summed E-state index contributed by atoms with van der Waals surface area (Å²) in [5, 5.41) is 0. The van der Waals surface area contributed by atoms with Crippen LogP contribution in [0.2, 0.25) is 0 Å². The maximum atomic E-state index is 12.5. The van der Waals surface area contributed by atoms with Crippen LogP contribution in [0.1, 0.15) is 22.3 Å². The van der Waals surface area contributed by atoms with E-state index in [2.05, 4.69) is 0 Å². The molecule has 114 valence electrons. The summed E-state index contributed by atoms with van der Waals surface area (Å²) < 4.78 is 10.3. The summed E-state index contributed by atoms with van der Waals surface area (Å²) in [7, 11) is 3.18. The number of methoxy groups -OCH3 is 2. The molecule has 0 aliphatic carbocycles. The van der Waals surface area contributed by atoms with Gasteiger partial charge in [0.15, 0.2) is 0 Å². The molecule has 2 N–H and O–H groups in total. The second-order valence-corrected chi connectivity index (χ2v) is 5.10. The molecule has 0 radical (unpaired) electrons. The largest absolute Gasteiger partial charge is 0.380 e. The van der Waals surface area contributed by atoms with Crippen molar-refractivity contribution in [2.75, 3.05) is 20.8 Å². The first kappa shape index (κ1) is 15.5. The lowest BCUT2D eigenvalue weighted by molar-refractivity contribution is -0.121. The maximum absolute atomic E-state index is 12.5. The van der Waals surface area contributed by atoms with Crippen LogP contribution in [-0.2, 0) is 20.9 Å². The van der Waals surface area contributed by atoms with E-state index in [1.165, 1.54) is 4.90 Å². The topological polar surface area (TPSA) is 81.9 Å². The van der Waals surface area contributed by atoms with Gasteiger partial charge in [-0.2, -0.15) is 0 Å². The van der Waals surface area contributed by atoms with Crippen molar-refractivity contribution in [1.82, 2.24) is 4.90 Å². The molecule has 1 aromatic rings. The molecule has 1 aromatic carbocycles.